The van der Waals surface area contributed by atoms with Crippen LogP contribution in [0.2, 0.25) is 0 Å². The fourth-order valence-corrected chi connectivity index (χ4v) is 5.48. The summed E-state index contributed by atoms with van der Waals surface area (Å²) in [5.41, 5.74) is 2.11. The molecule has 2 rings (SSSR count). The molecule has 1 saturated heterocycles. The summed E-state index contributed by atoms with van der Waals surface area (Å²) in [7, 11) is 0. The molecular formula is C18H27NOS2. The smallest absolute Gasteiger partial charge is 0.251 e. The Morgan fingerprint density at radius 1 is 1.23 bits per heavy atom. The summed E-state index contributed by atoms with van der Waals surface area (Å²) in [4.78, 5) is 12.2. The highest BCUT2D eigenvalue weighted by Gasteiger charge is 2.18. The zero-order valence-corrected chi connectivity index (χ0v) is 15.3. The van der Waals surface area contributed by atoms with E-state index >= 15 is 0 Å². The van der Waals surface area contributed by atoms with Crippen LogP contribution in [0.15, 0.2) is 24.3 Å². The number of carbonyl (C=O) groups excluding carboxylic acids is 1. The second kappa shape index (κ2) is 9.51. The predicted octanol–water partition coefficient (Wildman–Crippen LogP) is 5.11. The molecule has 4 heteroatoms. The Morgan fingerprint density at radius 3 is 2.50 bits per heavy atom. The molecule has 22 heavy (non-hydrogen) atoms. The number of benzene rings is 1. The highest BCUT2D eigenvalue weighted by Crippen LogP contribution is 2.45. The molecule has 1 amide bonds. The quantitative estimate of drug-likeness (QED) is 0.714. The van der Waals surface area contributed by atoms with Gasteiger partial charge in [0.1, 0.15) is 0 Å². The number of unbranched alkanes of at least 4 members (excludes halogenated alkanes) is 1. The van der Waals surface area contributed by atoms with Crippen LogP contribution in [0.3, 0.4) is 0 Å². The van der Waals surface area contributed by atoms with Crippen LogP contribution in [0.5, 0.6) is 0 Å². The third-order valence-corrected chi connectivity index (χ3v) is 7.27. The minimum Gasteiger partial charge on any atom is -0.352 e. The molecule has 0 aromatic heterocycles. The average molecular weight is 338 g/mol. The fourth-order valence-electron chi connectivity index (χ4n) is 2.62. The van der Waals surface area contributed by atoms with E-state index in [1.165, 1.54) is 36.3 Å². The number of hydrogen-bond acceptors (Lipinski definition) is 3. The SMILES string of the molecule is CCCCC(CC)CNC(=O)c1ccc(C2SCCS2)cc1. The van der Waals surface area contributed by atoms with Crippen molar-refractivity contribution >= 4 is 29.4 Å². The summed E-state index contributed by atoms with van der Waals surface area (Å²) >= 11 is 3.99. The van der Waals surface area contributed by atoms with Crippen molar-refractivity contribution in [3.05, 3.63) is 35.4 Å². The van der Waals surface area contributed by atoms with Gasteiger partial charge in [0.15, 0.2) is 0 Å². The van der Waals surface area contributed by atoms with Crippen LogP contribution < -0.4 is 5.32 Å². The number of amides is 1. The van der Waals surface area contributed by atoms with Gasteiger partial charge >= 0.3 is 0 Å². The van der Waals surface area contributed by atoms with Crippen LogP contribution >= 0.6 is 23.5 Å². The van der Waals surface area contributed by atoms with Gasteiger partial charge in [0.05, 0.1) is 4.58 Å². The summed E-state index contributed by atoms with van der Waals surface area (Å²) < 4.78 is 0.552. The van der Waals surface area contributed by atoms with E-state index in [1.54, 1.807) is 0 Å². The van der Waals surface area contributed by atoms with Crippen LogP contribution in [-0.2, 0) is 0 Å². The van der Waals surface area contributed by atoms with E-state index in [1.807, 2.05) is 35.7 Å². The largest absolute Gasteiger partial charge is 0.352 e. The number of carbonyl (C=O) groups is 1. The predicted molar refractivity (Wildman–Crippen MR) is 99.7 cm³/mol. The number of hydrogen-bond donors (Lipinski definition) is 1. The van der Waals surface area contributed by atoms with Gasteiger partial charge in [-0.2, -0.15) is 0 Å². The van der Waals surface area contributed by atoms with Gasteiger partial charge in [0.25, 0.3) is 5.91 Å². The van der Waals surface area contributed by atoms with Crippen molar-refractivity contribution < 1.29 is 4.79 Å². The zero-order chi connectivity index (χ0) is 15.8. The molecule has 2 nitrogen and oxygen atoms in total. The van der Waals surface area contributed by atoms with Gasteiger partial charge < -0.3 is 5.32 Å². The van der Waals surface area contributed by atoms with Gasteiger partial charge in [0.2, 0.25) is 0 Å². The maximum atomic E-state index is 12.2. The Hall–Kier alpha value is -0.610. The van der Waals surface area contributed by atoms with Gasteiger partial charge in [-0.3, -0.25) is 4.79 Å². The molecule has 0 spiro atoms. The van der Waals surface area contributed by atoms with Crippen LogP contribution in [0.4, 0.5) is 0 Å². The number of rotatable bonds is 8. The first-order valence-corrected chi connectivity index (χ1v) is 10.5. The van der Waals surface area contributed by atoms with Crippen LogP contribution in [0.25, 0.3) is 0 Å². The summed E-state index contributed by atoms with van der Waals surface area (Å²) in [5, 5.41) is 3.10. The minimum absolute atomic E-state index is 0.0632. The maximum Gasteiger partial charge on any atom is 0.251 e. The third-order valence-electron chi connectivity index (χ3n) is 4.16. The van der Waals surface area contributed by atoms with E-state index in [2.05, 4.69) is 31.3 Å². The molecule has 122 valence electrons. The fraction of sp³-hybridized carbons (Fsp3) is 0.611. The van der Waals surface area contributed by atoms with E-state index in [9.17, 15) is 4.79 Å². The van der Waals surface area contributed by atoms with Crippen molar-refractivity contribution in [2.24, 2.45) is 5.92 Å². The lowest BCUT2D eigenvalue weighted by atomic mass is 9.99. The van der Waals surface area contributed by atoms with Crippen molar-refractivity contribution in [1.29, 1.82) is 0 Å². The molecule has 0 aliphatic carbocycles. The van der Waals surface area contributed by atoms with E-state index in [-0.39, 0.29) is 5.91 Å². The molecule has 0 saturated carbocycles. The highest BCUT2D eigenvalue weighted by atomic mass is 32.2. The second-order valence-corrected chi connectivity index (χ2v) is 8.55. The summed E-state index contributed by atoms with van der Waals surface area (Å²) in [6.07, 6.45) is 4.82. The second-order valence-electron chi connectivity index (χ2n) is 5.82. The molecule has 1 aromatic rings. The number of nitrogens with one attached hydrogen (secondary N) is 1. The van der Waals surface area contributed by atoms with E-state index in [4.69, 9.17) is 0 Å². The van der Waals surface area contributed by atoms with Gasteiger partial charge in [-0.05, 0) is 30.0 Å². The topological polar surface area (TPSA) is 29.1 Å². The normalized spacial score (nSPS) is 16.6. The molecule has 1 heterocycles. The van der Waals surface area contributed by atoms with Crippen molar-refractivity contribution in [3.63, 3.8) is 0 Å². The summed E-state index contributed by atoms with van der Waals surface area (Å²) in [6.45, 7) is 5.22. The maximum absolute atomic E-state index is 12.2. The van der Waals surface area contributed by atoms with Crippen molar-refractivity contribution in [1.82, 2.24) is 5.32 Å². The van der Waals surface area contributed by atoms with Crippen molar-refractivity contribution in [2.75, 3.05) is 18.1 Å². The highest BCUT2D eigenvalue weighted by molar-refractivity contribution is 8.19. The Morgan fingerprint density at radius 2 is 1.91 bits per heavy atom. The first kappa shape index (κ1) is 17.7. The monoisotopic (exact) mass is 337 g/mol. The molecule has 1 unspecified atom stereocenters. The lowest BCUT2D eigenvalue weighted by Gasteiger charge is -2.15. The molecule has 0 radical (unpaired) electrons. The van der Waals surface area contributed by atoms with Crippen LogP contribution in [-0.4, -0.2) is 24.0 Å². The standard InChI is InChI=1S/C18H27NOS2/c1-3-5-6-14(4-2)13-19-17(20)15-7-9-16(10-8-15)18-21-11-12-22-18/h7-10,14,18H,3-6,11-13H2,1-2H3,(H,19,20). The molecule has 1 aromatic carbocycles. The molecule has 0 bridgehead atoms. The molecule has 1 aliphatic heterocycles. The lowest BCUT2D eigenvalue weighted by molar-refractivity contribution is 0.0946. The van der Waals surface area contributed by atoms with Crippen molar-refractivity contribution in [2.45, 2.75) is 44.1 Å². The Balaban J connectivity index is 1.84. The first-order valence-electron chi connectivity index (χ1n) is 8.36. The van der Waals surface area contributed by atoms with Crippen molar-refractivity contribution in [3.8, 4) is 0 Å². The van der Waals surface area contributed by atoms with E-state index in [0.717, 1.165) is 18.5 Å². The Bertz CT molecular complexity index is 455. The van der Waals surface area contributed by atoms with E-state index in [0.29, 0.717) is 10.5 Å². The molecule has 1 atom stereocenters. The molecule has 1 aliphatic rings. The summed E-state index contributed by atoms with van der Waals surface area (Å²) in [5.74, 6) is 3.13. The lowest BCUT2D eigenvalue weighted by Crippen LogP contribution is -2.29. The zero-order valence-electron chi connectivity index (χ0n) is 13.6. The Labute approximate surface area is 143 Å². The first-order chi connectivity index (χ1) is 10.7. The van der Waals surface area contributed by atoms with Gasteiger partial charge in [-0.1, -0.05) is 45.2 Å². The minimum atomic E-state index is 0.0632. The third kappa shape index (κ3) is 5.24. The molecular weight excluding hydrogens is 310 g/mol. The summed E-state index contributed by atoms with van der Waals surface area (Å²) in [6, 6.07) is 8.16. The molecule has 1 N–H and O–H groups in total. The van der Waals surface area contributed by atoms with Crippen LogP contribution in [0.1, 0.15) is 60.0 Å². The van der Waals surface area contributed by atoms with Crippen LogP contribution in [0, 0.1) is 5.92 Å². The van der Waals surface area contributed by atoms with E-state index < -0.39 is 0 Å². The Kier molecular flexibility index (Phi) is 7.67. The van der Waals surface area contributed by atoms with Gasteiger partial charge in [-0.25, -0.2) is 0 Å². The van der Waals surface area contributed by atoms with Gasteiger partial charge in [-0.15, -0.1) is 23.5 Å². The number of thioether (sulfide) groups is 2. The molecule has 1 fully saturated rings. The average Bonchev–Trinajstić information content (AvgIpc) is 3.09. The van der Waals surface area contributed by atoms with Gasteiger partial charge in [0, 0.05) is 23.6 Å².